The van der Waals surface area contributed by atoms with Crippen molar-refractivity contribution in [3.63, 3.8) is 0 Å². The third-order valence-corrected chi connectivity index (χ3v) is 6.65. The topological polar surface area (TPSA) is 97.1 Å². The lowest BCUT2D eigenvalue weighted by molar-refractivity contribution is -0.115. The number of hydrogen-bond donors (Lipinski definition) is 2. The third kappa shape index (κ3) is 4.55. The Hall–Kier alpha value is -2.71. The van der Waals surface area contributed by atoms with Crippen LogP contribution in [-0.4, -0.2) is 42.2 Å². The van der Waals surface area contributed by atoms with E-state index in [9.17, 15) is 9.18 Å². The van der Waals surface area contributed by atoms with Crippen LogP contribution in [0.3, 0.4) is 0 Å². The minimum Gasteiger partial charge on any atom is -0.404 e. The number of benzene rings is 1. The maximum absolute atomic E-state index is 13.2. The predicted molar refractivity (Wildman–Crippen MR) is 122 cm³/mol. The van der Waals surface area contributed by atoms with E-state index in [1.54, 1.807) is 25.4 Å². The number of carbonyl (C=O) groups excluding carboxylic acids is 1. The van der Waals surface area contributed by atoms with E-state index in [0.29, 0.717) is 24.4 Å². The molecule has 8 heteroatoms. The van der Waals surface area contributed by atoms with E-state index in [4.69, 9.17) is 11.5 Å². The van der Waals surface area contributed by atoms with Gasteiger partial charge in [-0.05, 0) is 73.8 Å². The Morgan fingerprint density at radius 3 is 2.63 bits per heavy atom. The molecular formula is C22H26FN5OS. The summed E-state index contributed by atoms with van der Waals surface area (Å²) in [6.45, 7) is 3.22. The average molecular weight is 428 g/mol. The van der Waals surface area contributed by atoms with Crippen molar-refractivity contribution >= 4 is 35.3 Å². The molecule has 6 nitrogen and oxygen atoms in total. The molecule has 1 aromatic rings. The first kappa shape index (κ1) is 22.0. The average Bonchev–Trinajstić information content (AvgIpc) is 2.78. The Labute approximate surface area is 180 Å². The largest absolute Gasteiger partial charge is 0.404 e. The number of nitrogens with zero attached hydrogens (tertiary/aromatic N) is 3. The molecule has 30 heavy (non-hydrogen) atoms. The van der Waals surface area contributed by atoms with Gasteiger partial charge in [-0.1, -0.05) is 5.57 Å². The van der Waals surface area contributed by atoms with Gasteiger partial charge in [0.05, 0.1) is 21.7 Å². The van der Waals surface area contributed by atoms with Crippen LogP contribution in [-0.2, 0) is 4.79 Å². The first-order chi connectivity index (χ1) is 14.4. The van der Waals surface area contributed by atoms with Crippen LogP contribution >= 0.6 is 11.9 Å². The summed E-state index contributed by atoms with van der Waals surface area (Å²) in [5.74, 6) is -0.311. The van der Waals surface area contributed by atoms with E-state index in [1.165, 1.54) is 30.3 Å². The number of fused-ring (bicyclic) bond motifs is 1. The number of rotatable bonds is 5. The number of hydrogen-bond acceptors (Lipinski definition) is 7. The van der Waals surface area contributed by atoms with Gasteiger partial charge in [-0.25, -0.2) is 13.7 Å². The highest BCUT2D eigenvalue weighted by molar-refractivity contribution is 8.01. The van der Waals surface area contributed by atoms with Crippen molar-refractivity contribution in [3.05, 3.63) is 64.6 Å². The Balaban J connectivity index is 1.90. The van der Waals surface area contributed by atoms with Gasteiger partial charge in [0, 0.05) is 32.0 Å². The number of aliphatic imine (C=N–C) groups is 2. The van der Waals surface area contributed by atoms with Gasteiger partial charge >= 0.3 is 0 Å². The number of halogens is 1. The summed E-state index contributed by atoms with van der Waals surface area (Å²) >= 11 is 1.52. The molecule has 1 unspecified atom stereocenters. The zero-order valence-corrected chi connectivity index (χ0v) is 18.0. The fourth-order valence-electron chi connectivity index (χ4n) is 3.66. The lowest BCUT2D eigenvalue weighted by atomic mass is 9.68. The summed E-state index contributed by atoms with van der Waals surface area (Å²) in [6.07, 6.45) is 7.24. The van der Waals surface area contributed by atoms with Gasteiger partial charge in [0.15, 0.2) is 0 Å². The monoisotopic (exact) mass is 427 g/mol. The molecule has 1 aliphatic heterocycles. The summed E-state index contributed by atoms with van der Waals surface area (Å²) in [5.41, 5.74) is 15.1. The number of aldehydes is 1. The van der Waals surface area contributed by atoms with Crippen molar-refractivity contribution in [1.29, 1.82) is 0 Å². The van der Waals surface area contributed by atoms with Gasteiger partial charge < -0.3 is 16.3 Å². The minimum absolute atomic E-state index is 0.311. The molecule has 4 N–H and O–H groups in total. The SMILES string of the molecule is CN=C(C)C(=CN)SN1CCC2=CC(=Nc3ccc(F)cc3)C(=CN)CC2(C=O)C1. The highest BCUT2D eigenvalue weighted by Crippen LogP contribution is 2.45. The Bertz CT molecular complexity index is 964. The summed E-state index contributed by atoms with van der Waals surface area (Å²) in [5, 5.41) is 0. The molecule has 0 saturated carbocycles. The second kappa shape index (κ2) is 9.40. The molecule has 1 atom stereocenters. The quantitative estimate of drug-likeness (QED) is 0.426. The number of allylic oxidation sites excluding steroid dienone is 3. The molecule has 2 aliphatic rings. The van der Waals surface area contributed by atoms with Crippen LogP contribution in [0.25, 0.3) is 0 Å². The van der Waals surface area contributed by atoms with Crippen molar-refractivity contribution < 1.29 is 9.18 Å². The van der Waals surface area contributed by atoms with E-state index in [0.717, 1.165) is 41.0 Å². The van der Waals surface area contributed by atoms with E-state index >= 15 is 0 Å². The van der Waals surface area contributed by atoms with Crippen LogP contribution in [0.15, 0.2) is 68.8 Å². The first-order valence-corrected chi connectivity index (χ1v) is 10.4. The molecule has 0 radical (unpaired) electrons. The number of piperidine rings is 1. The Morgan fingerprint density at radius 2 is 2.03 bits per heavy atom. The van der Waals surface area contributed by atoms with Gasteiger partial charge in [0.25, 0.3) is 0 Å². The third-order valence-electron chi connectivity index (χ3n) is 5.45. The minimum atomic E-state index is -0.657. The zero-order valence-electron chi connectivity index (χ0n) is 17.1. The standard InChI is InChI=1S/C22H26FN5OS/c1-15(26-2)21(12-25)30-28-8-7-17-9-20(27-19-5-3-18(23)4-6-19)16(11-24)10-22(17,13-28)14-29/h3-6,9,11-12,14H,7-8,10,13,24-25H2,1-2H3. The highest BCUT2D eigenvalue weighted by Gasteiger charge is 2.43. The lowest BCUT2D eigenvalue weighted by Crippen LogP contribution is -2.45. The van der Waals surface area contributed by atoms with Crippen LogP contribution in [0.4, 0.5) is 10.1 Å². The molecule has 158 valence electrons. The number of carbonyl (C=O) groups is 1. The first-order valence-electron chi connectivity index (χ1n) is 9.66. The molecule has 0 aromatic heterocycles. The predicted octanol–water partition coefficient (Wildman–Crippen LogP) is 3.50. The molecule has 0 amide bonds. The van der Waals surface area contributed by atoms with Gasteiger partial charge in [0.1, 0.15) is 12.1 Å². The fourth-order valence-corrected chi connectivity index (χ4v) is 4.70. The van der Waals surface area contributed by atoms with Crippen molar-refractivity contribution in [1.82, 2.24) is 4.31 Å². The van der Waals surface area contributed by atoms with Crippen molar-refractivity contribution in [2.24, 2.45) is 26.9 Å². The fraction of sp³-hybridized carbons (Fsp3) is 0.318. The van der Waals surface area contributed by atoms with Gasteiger partial charge in [-0.3, -0.25) is 4.99 Å². The van der Waals surface area contributed by atoms with Crippen molar-refractivity contribution in [2.45, 2.75) is 19.8 Å². The summed E-state index contributed by atoms with van der Waals surface area (Å²) in [4.78, 5) is 22.0. The van der Waals surface area contributed by atoms with Crippen molar-refractivity contribution in [3.8, 4) is 0 Å². The normalized spacial score (nSPS) is 25.9. The Morgan fingerprint density at radius 1 is 1.30 bits per heavy atom. The molecule has 0 spiro atoms. The smallest absolute Gasteiger partial charge is 0.131 e. The lowest BCUT2D eigenvalue weighted by Gasteiger charge is -2.43. The second-order valence-corrected chi connectivity index (χ2v) is 8.47. The van der Waals surface area contributed by atoms with Crippen LogP contribution in [0.1, 0.15) is 19.8 Å². The van der Waals surface area contributed by atoms with E-state index in [-0.39, 0.29) is 5.82 Å². The molecule has 3 rings (SSSR count). The maximum atomic E-state index is 13.2. The van der Waals surface area contributed by atoms with Gasteiger partial charge in [-0.2, -0.15) is 0 Å². The molecule has 1 aromatic carbocycles. The van der Waals surface area contributed by atoms with Gasteiger partial charge in [0.2, 0.25) is 0 Å². The Kier molecular flexibility index (Phi) is 6.89. The molecule has 0 bridgehead atoms. The van der Waals surface area contributed by atoms with Crippen LogP contribution < -0.4 is 11.5 Å². The molecule has 1 heterocycles. The molecular weight excluding hydrogens is 401 g/mol. The second-order valence-electron chi connectivity index (χ2n) is 7.33. The molecule has 1 fully saturated rings. The van der Waals surface area contributed by atoms with Crippen molar-refractivity contribution in [2.75, 3.05) is 20.1 Å². The van der Waals surface area contributed by atoms with Crippen LogP contribution in [0.5, 0.6) is 0 Å². The van der Waals surface area contributed by atoms with E-state index in [2.05, 4.69) is 14.3 Å². The summed E-state index contributed by atoms with van der Waals surface area (Å²) in [6, 6.07) is 5.98. The highest BCUT2D eigenvalue weighted by atomic mass is 32.2. The number of nitrogens with two attached hydrogens (primary N) is 2. The summed E-state index contributed by atoms with van der Waals surface area (Å²) in [7, 11) is 1.73. The van der Waals surface area contributed by atoms with Gasteiger partial charge in [-0.15, -0.1) is 0 Å². The van der Waals surface area contributed by atoms with E-state index in [1.807, 2.05) is 13.0 Å². The maximum Gasteiger partial charge on any atom is 0.131 e. The molecule has 1 saturated heterocycles. The molecule has 1 aliphatic carbocycles. The summed E-state index contributed by atoms with van der Waals surface area (Å²) < 4.78 is 15.3. The van der Waals surface area contributed by atoms with Crippen LogP contribution in [0.2, 0.25) is 0 Å². The zero-order chi connectivity index (χ0) is 21.7. The van der Waals surface area contributed by atoms with Crippen LogP contribution in [0, 0.1) is 11.2 Å². The van der Waals surface area contributed by atoms with E-state index < -0.39 is 5.41 Å².